The quantitative estimate of drug-likeness (QED) is 0.358. The summed E-state index contributed by atoms with van der Waals surface area (Å²) in [7, 11) is -3.71. The normalized spacial score (nSPS) is 22.6. The zero-order valence-corrected chi connectivity index (χ0v) is 13.0. The average molecular weight is 360 g/mol. The molecule has 1 fully saturated rings. The molecule has 110 valence electrons. The van der Waals surface area contributed by atoms with E-state index in [9.17, 15) is 18.5 Å². The monoisotopic (exact) mass is 358 g/mol. The Balaban J connectivity index is 2.16. The second kappa shape index (κ2) is 5.31. The van der Waals surface area contributed by atoms with Gasteiger partial charge in [0.25, 0.3) is 5.69 Å². The van der Waals surface area contributed by atoms with Crippen molar-refractivity contribution >= 4 is 50.5 Å². The van der Waals surface area contributed by atoms with Crippen LogP contribution in [0.5, 0.6) is 0 Å². The fraction of sp³-hybridized carbons (Fsp3) is 0.400. The van der Waals surface area contributed by atoms with Crippen LogP contribution in [0.25, 0.3) is 0 Å². The molecule has 2 rings (SSSR count). The molecule has 2 atom stereocenters. The summed E-state index contributed by atoms with van der Waals surface area (Å²) in [6, 6.07) is 5.38. The van der Waals surface area contributed by atoms with Gasteiger partial charge in [-0.3, -0.25) is 10.1 Å². The number of halogens is 3. The van der Waals surface area contributed by atoms with Crippen LogP contribution in [0.2, 0.25) is 0 Å². The maximum atomic E-state index is 11.9. The Morgan fingerprint density at radius 2 is 2.05 bits per heavy atom. The molecule has 0 N–H and O–H groups in total. The second-order valence-electron chi connectivity index (χ2n) is 4.31. The van der Waals surface area contributed by atoms with Crippen molar-refractivity contribution in [1.29, 1.82) is 0 Å². The van der Waals surface area contributed by atoms with Crippen LogP contribution in [-0.4, -0.2) is 33.7 Å². The molecule has 1 aromatic rings. The lowest BCUT2D eigenvalue weighted by Gasteiger charge is -2.12. The number of hydrogen-bond donors (Lipinski definition) is 0. The van der Waals surface area contributed by atoms with Gasteiger partial charge >= 0.3 is 0 Å². The van der Waals surface area contributed by atoms with Crippen LogP contribution < -0.4 is 0 Å². The predicted molar refractivity (Wildman–Crippen MR) is 76.6 cm³/mol. The van der Waals surface area contributed by atoms with Gasteiger partial charge in [-0.05, 0) is 5.56 Å². The third kappa shape index (κ3) is 3.73. The fourth-order valence-electron chi connectivity index (χ4n) is 1.84. The van der Waals surface area contributed by atoms with Gasteiger partial charge in [0.15, 0.2) is 0 Å². The van der Waals surface area contributed by atoms with Gasteiger partial charge in [0, 0.05) is 18.7 Å². The highest BCUT2D eigenvalue weighted by Crippen LogP contribution is 2.41. The lowest BCUT2D eigenvalue weighted by molar-refractivity contribution is -0.384. The number of alkyl halides is 3. The van der Waals surface area contributed by atoms with E-state index in [1.54, 1.807) is 6.07 Å². The van der Waals surface area contributed by atoms with E-state index in [1.807, 2.05) is 0 Å². The van der Waals surface area contributed by atoms with E-state index >= 15 is 0 Å². The molecule has 0 saturated carbocycles. The highest BCUT2D eigenvalue weighted by Gasteiger charge is 2.47. The molecule has 0 spiro atoms. The smallest absolute Gasteiger partial charge is 0.258 e. The van der Waals surface area contributed by atoms with Crippen molar-refractivity contribution in [2.24, 2.45) is 0 Å². The Morgan fingerprint density at radius 1 is 1.40 bits per heavy atom. The van der Waals surface area contributed by atoms with Gasteiger partial charge in [0.1, 0.15) is 5.75 Å². The first-order chi connectivity index (χ1) is 9.10. The Morgan fingerprint density at radius 3 is 2.60 bits per heavy atom. The lowest BCUT2D eigenvalue weighted by atomic mass is 10.1. The highest BCUT2D eigenvalue weighted by atomic mass is 35.6. The molecule has 1 heterocycles. The molecule has 2 unspecified atom stereocenters. The number of hydrogen-bond acceptors (Lipinski definition) is 4. The molecule has 10 heteroatoms. The van der Waals surface area contributed by atoms with Crippen molar-refractivity contribution in [2.75, 3.05) is 12.3 Å². The van der Waals surface area contributed by atoms with Crippen molar-refractivity contribution in [1.82, 2.24) is 4.31 Å². The average Bonchev–Trinajstić information content (AvgIpc) is 3.06. The van der Waals surface area contributed by atoms with Gasteiger partial charge < -0.3 is 0 Å². The van der Waals surface area contributed by atoms with E-state index in [-0.39, 0.29) is 12.2 Å². The van der Waals surface area contributed by atoms with Gasteiger partial charge in [0.05, 0.1) is 11.0 Å². The lowest BCUT2D eigenvalue weighted by Crippen LogP contribution is -2.25. The fourth-order valence-corrected chi connectivity index (χ4v) is 4.54. The summed E-state index contributed by atoms with van der Waals surface area (Å²) < 4.78 is 23.2. The van der Waals surface area contributed by atoms with Crippen LogP contribution in [0.1, 0.15) is 11.6 Å². The number of rotatable bonds is 4. The molecule has 1 saturated heterocycles. The van der Waals surface area contributed by atoms with Crippen LogP contribution in [0.3, 0.4) is 0 Å². The molecule has 6 nitrogen and oxygen atoms in total. The molecule has 1 aliphatic heterocycles. The van der Waals surface area contributed by atoms with Crippen molar-refractivity contribution < 1.29 is 13.3 Å². The third-order valence-electron chi connectivity index (χ3n) is 2.74. The molecule has 0 aromatic heterocycles. The number of non-ortho nitro benzene ring substituents is 1. The van der Waals surface area contributed by atoms with E-state index in [0.717, 1.165) is 4.31 Å². The summed E-state index contributed by atoms with van der Waals surface area (Å²) >= 11 is 16.5. The standard InChI is InChI=1S/C10H9Cl3N2O4S/c11-10(12,13)6-20(18,19)14-5-9(14)7-2-1-3-8(4-7)15(16)17/h1-4,9H,5-6H2. The molecule has 0 radical (unpaired) electrons. The maximum absolute atomic E-state index is 11.9. The second-order valence-corrected chi connectivity index (χ2v) is 8.75. The van der Waals surface area contributed by atoms with Gasteiger partial charge in [-0.1, -0.05) is 46.9 Å². The SMILES string of the molecule is O=[N+]([O-])c1cccc(C2CN2S(=O)(=O)CC(Cl)(Cl)Cl)c1. The van der Waals surface area contributed by atoms with E-state index < -0.39 is 30.5 Å². The minimum Gasteiger partial charge on any atom is -0.258 e. The van der Waals surface area contributed by atoms with Crippen LogP contribution in [-0.2, 0) is 10.0 Å². The van der Waals surface area contributed by atoms with Crippen LogP contribution in [0.15, 0.2) is 24.3 Å². The summed E-state index contributed by atoms with van der Waals surface area (Å²) in [4.78, 5) is 10.1. The Bertz CT molecular complexity index is 644. The molecule has 0 bridgehead atoms. The molecular formula is C10H9Cl3N2O4S. The Hall–Kier alpha value is -0.600. The minimum atomic E-state index is -3.71. The van der Waals surface area contributed by atoms with Crippen molar-refractivity contribution in [3.05, 3.63) is 39.9 Å². The van der Waals surface area contributed by atoms with E-state index in [1.165, 1.54) is 18.2 Å². The number of nitro benzene ring substituents is 1. The largest absolute Gasteiger partial charge is 0.269 e. The van der Waals surface area contributed by atoms with Crippen LogP contribution in [0.4, 0.5) is 5.69 Å². The molecule has 0 amide bonds. The highest BCUT2D eigenvalue weighted by molar-refractivity contribution is 7.89. The van der Waals surface area contributed by atoms with Gasteiger partial charge in [-0.15, -0.1) is 0 Å². The molecule has 1 aliphatic rings. The van der Waals surface area contributed by atoms with E-state index in [2.05, 4.69) is 0 Å². The zero-order valence-electron chi connectivity index (χ0n) is 9.87. The predicted octanol–water partition coefficient (Wildman–Crippen LogP) is 2.65. The molecule has 0 aliphatic carbocycles. The summed E-state index contributed by atoms with van der Waals surface area (Å²) in [6.45, 7) is 0.226. The van der Waals surface area contributed by atoms with E-state index in [0.29, 0.717) is 5.56 Å². The molecular weight excluding hydrogens is 351 g/mol. The number of sulfonamides is 1. The molecule has 20 heavy (non-hydrogen) atoms. The Labute approximate surface area is 130 Å². The zero-order chi connectivity index (χ0) is 15.1. The first-order valence-corrected chi connectivity index (χ1v) is 8.15. The topological polar surface area (TPSA) is 80.3 Å². The first-order valence-electron chi connectivity index (χ1n) is 5.41. The van der Waals surface area contributed by atoms with Crippen molar-refractivity contribution in [2.45, 2.75) is 9.83 Å². The van der Waals surface area contributed by atoms with Crippen molar-refractivity contribution in [3.63, 3.8) is 0 Å². The van der Waals surface area contributed by atoms with Crippen LogP contribution in [0, 0.1) is 10.1 Å². The number of nitrogens with zero attached hydrogens (tertiary/aromatic N) is 2. The molecule has 1 aromatic carbocycles. The third-order valence-corrected chi connectivity index (χ3v) is 5.53. The summed E-state index contributed by atoms with van der Waals surface area (Å²) in [5, 5.41) is 10.7. The van der Waals surface area contributed by atoms with Gasteiger partial charge in [-0.25, -0.2) is 8.42 Å². The maximum Gasteiger partial charge on any atom is 0.269 e. The Kier molecular flexibility index (Phi) is 4.19. The minimum absolute atomic E-state index is 0.0897. The van der Waals surface area contributed by atoms with Gasteiger partial charge in [0.2, 0.25) is 13.8 Å². The van der Waals surface area contributed by atoms with E-state index in [4.69, 9.17) is 34.8 Å². The summed E-state index contributed by atoms with van der Waals surface area (Å²) in [5.74, 6) is -0.629. The summed E-state index contributed by atoms with van der Waals surface area (Å²) in [5.41, 5.74) is 0.459. The van der Waals surface area contributed by atoms with Crippen LogP contribution >= 0.6 is 34.8 Å². The van der Waals surface area contributed by atoms with Crippen molar-refractivity contribution in [3.8, 4) is 0 Å². The summed E-state index contributed by atoms with van der Waals surface area (Å²) in [6.07, 6.45) is 0. The van der Waals surface area contributed by atoms with Gasteiger partial charge in [-0.2, -0.15) is 4.31 Å². The first kappa shape index (κ1) is 15.8. The number of benzene rings is 1. The number of nitro groups is 1.